The number of anilines is 6. The molecule has 0 aliphatic carbocycles. The topological polar surface area (TPSA) is 6.48 Å². The normalized spacial score (nSPS) is 10.8. The molecule has 0 atom stereocenters. The van der Waals surface area contributed by atoms with Gasteiger partial charge in [-0.3, -0.25) is 0 Å². The molecule has 0 aliphatic rings. The number of aryl methyl sites for hydroxylation is 4. The predicted molar refractivity (Wildman–Crippen MR) is 214 cm³/mol. The Morgan fingerprint density at radius 2 is 0.460 bits per heavy atom. The van der Waals surface area contributed by atoms with Crippen LogP contribution in [0.15, 0.2) is 170 Å². The maximum atomic E-state index is 2.31. The van der Waals surface area contributed by atoms with Gasteiger partial charge in [-0.05, 0) is 134 Å². The Labute approximate surface area is 296 Å². The molecule has 50 heavy (non-hydrogen) atoms. The van der Waals surface area contributed by atoms with Crippen LogP contribution >= 0.6 is 0 Å². The second-order valence-electron chi connectivity index (χ2n) is 13.2. The Balaban J connectivity index is 1.11. The summed E-state index contributed by atoms with van der Waals surface area (Å²) in [6, 6.07) is 61.2. The van der Waals surface area contributed by atoms with E-state index in [9.17, 15) is 0 Å². The van der Waals surface area contributed by atoms with E-state index in [0.29, 0.717) is 0 Å². The Bertz CT molecular complexity index is 2020. The zero-order valence-electron chi connectivity index (χ0n) is 29.2. The Morgan fingerprint density at radius 3 is 0.680 bits per heavy atom. The van der Waals surface area contributed by atoms with E-state index in [0.717, 1.165) is 34.1 Å². The highest BCUT2D eigenvalue weighted by atomic mass is 15.1. The van der Waals surface area contributed by atoms with E-state index in [-0.39, 0.29) is 0 Å². The van der Waals surface area contributed by atoms with Crippen LogP contribution in [-0.2, 0) is 0 Å². The summed E-state index contributed by atoms with van der Waals surface area (Å²) in [5.41, 5.74) is 14.2. The summed E-state index contributed by atoms with van der Waals surface area (Å²) < 4.78 is 0. The van der Waals surface area contributed by atoms with E-state index >= 15 is 0 Å². The van der Waals surface area contributed by atoms with Crippen LogP contribution in [0.2, 0.25) is 0 Å². The summed E-state index contributed by atoms with van der Waals surface area (Å²) in [5.74, 6) is 0. The first-order chi connectivity index (χ1) is 24.4. The molecule has 7 aromatic carbocycles. The van der Waals surface area contributed by atoms with Crippen molar-refractivity contribution in [1.82, 2.24) is 0 Å². The van der Waals surface area contributed by atoms with Gasteiger partial charge < -0.3 is 9.80 Å². The number of hydrogen-bond acceptors (Lipinski definition) is 2. The average Bonchev–Trinajstić information content (AvgIpc) is 3.14. The highest BCUT2D eigenvalue weighted by Crippen LogP contribution is 2.36. The second-order valence-corrected chi connectivity index (χ2v) is 13.2. The van der Waals surface area contributed by atoms with Crippen molar-refractivity contribution in [1.29, 1.82) is 0 Å². The van der Waals surface area contributed by atoms with Gasteiger partial charge in [-0.15, -0.1) is 0 Å². The van der Waals surface area contributed by atoms with Gasteiger partial charge >= 0.3 is 0 Å². The fourth-order valence-electron chi connectivity index (χ4n) is 6.18. The van der Waals surface area contributed by atoms with Crippen LogP contribution < -0.4 is 20.2 Å². The van der Waals surface area contributed by atoms with Gasteiger partial charge in [0.05, 0.1) is 0 Å². The van der Waals surface area contributed by atoms with Crippen molar-refractivity contribution >= 4 is 46.3 Å². The van der Waals surface area contributed by atoms with Crippen LogP contribution in [-0.4, -0.2) is 0 Å². The number of nitrogens with zero attached hydrogens (tertiary/aromatic N) is 2. The van der Waals surface area contributed by atoms with Crippen LogP contribution in [0.25, 0.3) is 12.2 Å². The fraction of sp³-hybridized carbons (Fsp3) is 0.0833. The lowest BCUT2D eigenvalue weighted by molar-refractivity contribution is 1.27. The monoisotopic (exact) mass is 646 g/mol. The Hall–Kier alpha value is -6.12. The molecule has 0 N–H and O–H groups in total. The van der Waals surface area contributed by atoms with Crippen LogP contribution in [0, 0.1) is 27.7 Å². The molecular formula is C48H42N2. The van der Waals surface area contributed by atoms with Crippen LogP contribution in [0.1, 0.15) is 33.4 Å². The minimum atomic E-state index is 1.13. The van der Waals surface area contributed by atoms with Gasteiger partial charge in [-0.25, -0.2) is 0 Å². The van der Waals surface area contributed by atoms with Crippen molar-refractivity contribution in [2.75, 3.05) is 9.80 Å². The minimum absolute atomic E-state index is 1.13. The molecule has 0 aromatic heterocycles. The quantitative estimate of drug-likeness (QED) is 0.162. The molecule has 2 nitrogen and oxygen atoms in total. The van der Waals surface area contributed by atoms with Crippen molar-refractivity contribution < 1.29 is 0 Å². The summed E-state index contributed by atoms with van der Waals surface area (Å²) in [7, 11) is 0. The number of hydrogen-bond donors (Lipinski definition) is 0. The van der Waals surface area contributed by atoms with Crippen molar-refractivity contribution in [3.8, 4) is 0 Å². The van der Waals surface area contributed by atoms with E-state index in [1.807, 2.05) is 0 Å². The van der Waals surface area contributed by atoms with Crippen molar-refractivity contribution in [2.45, 2.75) is 27.7 Å². The van der Waals surface area contributed by atoms with Crippen LogP contribution in [0.5, 0.6) is 0 Å². The van der Waals surface area contributed by atoms with E-state index in [1.165, 1.54) is 43.8 Å². The maximum absolute atomic E-state index is 2.31. The first-order valence-electron chi connectivity index (χ1n) is 17.2. The first-order valence-corrected chi connectivity index (χ1v) is 17.2. The zero-order valence-corrected chi connectivity index (χ0v) is 29.2. The summed E-state index contributed by atoms with van der Waals surface area (Å²) in [5, 5.41) is 2.34. The summed E-state index contributed by atoms with van der Waals surface area (Å²) in [6.07, 6.45) is 4.46. The number of benzene rings is 7. The highest BCUT2D eigenvalue weighted by Gasteiger charge is 2.13. The predicted octanol–water partition coefficient (Wildman–Crippen LogP) is 11.5. The Kier molecular flexibility index (Phi) is 9.44. The second kappa shape index (κ2) is 14.6. The van der Waals surface area contributed by atoms with Gasteiger partial charge in [0.25, 0.3) is 0 Å². The van der Waals surface area contributed by atoms with Crippen molar-refractivity contribution in [3.63, 3.8) is 0 Å². The molecule has 0 fully saturated rings. The molecule has 0 unspecified atom stereocenters. The molecule has 0 heterocycles. The molecular weight excluding hydrogens is 605 g/mol. The van der Waals surface area contributed by atoms with Gasteiger partial charge in [-0.2, -0.15) is 0 Å². The molecule has 0 amide bonds. The third-order valence-electron chi connectivity index (χ3n) is 9.07. The van der Waals surface area contributed by atoms with Crippen molar-refractivity contribution in [2.24, 2.45) is 0 Å². The molecule has 244 valence electrons. The standard InChI is InChI=1S/C48H42N2/c1-35-5-21-43(22-6-35)49(44-23-7-36(2)8-24-44)47-29-17-41(18-30-47)33-39-13-15-40(16-14-39)34-42-19-31-48(32-20-42)50(45-25-9-37(3)10-26-45)46-27-11-38(4)12-28-46/h5-34H,1-4H3. The first kappa shape index (κ1) is 32.4. The molecule has 2 heteroatoms. The lowest BCUT2D eigenvalue weighted by Gasteiger charge is -2.26. The third-order valence-corrected chi connectivity index (χ3v) is 9.07. The van der Waals surface area contributed by atoms with E-state index in [4.69, 9.17) is 0 Å². The largest absolute Gasteiger partial charge is 0.311 e. The molecule has 0 aliphatic heterocycles. The minimum Gasteiger partial charge on any atom is -0.311 e. The molecule has 0 bridgehead atoms. The van der Waals surface area contributed by atoms with E-state index in [1.54, 1.807) is 0 Å². The number of rotatable bonds is 8. The lowest BCUT2D eigenvalue weighted by atomic mass is 10.1. The van der Waals surface area contributed by atoms with Gasteiger partial charge in [0.2, 0.25) is 0 Å². The van der Waals surface area contributed by atoms with Crippen molar-refractivity contribution in [3.05, 3.63) is 214 Å². The molecule has 0 saturated carbocycles. The van der Waals surface area contributed by atoms with Gasteiger partial charge in [0.15, 0.2) is 0 Å². The highest BCUT2D eigenvalue weighted by molar-refractivity contribution is 5.78. The zero-order chi connectivity index (χ0) is 34.5. The fourth-order valence-corrected chi connectivity index (χ4v) is 6.18. The molecule has 0 radical (unpaired) electrons. The molecule has 0 saturated heterocycles. The maximum Gasteiger partial charge on any atom is 0.0462 e. The van der Waals surface area contributed by atoms with E-state index < -0.39 is 0 Å². The molecule has 7 rings (SSSR count). The SMILES string of the molecule is Cc1ccc(N(c2ccc(C)cc2)c2ccc(C=c3ccc(=Cc4ccc(N(c5ccc(C)cc5)c5ccc(C)cc5)cc4)cc3)cc2)cc1. The summed E-state index contributed by atoms with van der Waals surface area (Å²) in [6.45, 7) is 8.50. The van der Waals surface area contributed by atoms with Crippen LogP contribution in [0.4, 0.5) is 34.1 Å². The van der Waals surface area contributed by atoms with Crippen LogP contribution in [0.3, 0.4) is 0 Å². The summed E-state index contributed by atoms with van der Waals surface area (Å²) in [4.78, 5) is 4.62. The van der Waals surface area contributed by atoms with Gasteiger partial charge in [0, 0.05) is 34.1 Å². The summed E-state index contributed by atoms with van der Waals surface area (Å²) >= 11 is 0. The van der Waals surface area contributed by atoms with Gasteiger partial charge in [0.1, 0.15) is 0 Å². The third kappa shape index (κ3) is 7.61. The average molecular weight is 647 g/mol. The smallest absolute Gasteiger partial charge is 0.0462 e. The Morgan fingerprint density at radius 1 is 0.260 bits per heavy atom. The van der Waals surface area contributed by atoms with E-state index in [2.05, 4.69) is 220 Å². The molecule has 7 aromatic rings. The lowest BCUT2D eigenvalue weighted by Crippen LogP contribution is -2.10. The van der Waals surface area contributed by atoms with Gasteiger partial charge in [-0.1, -0.05) is 119 Å². The molecule has 0 spiro atoms.